The van der Waals surface area contributed by atoms with Gasteiger partial charge in [-0.15, -0.1) is 0 Å². The Morgan fingerprint density at radius 1 is 1.33 bits per heavy atom. The van der Waals surface area contributed by atoms with Crippen LogP contribution in [-0.2, 0) is 16.0 Å². The summed E-state index contributed by atoms with van der Waals surface area (Å²) in [5.41, 5.74) is 1.04. The number of hydrogen-bond donors (Lipinski definition) is 0. The fourth-order valence-electron chi connectivity index (χ4n) is 2.04. The third kappa shape index (κ3) is 3.87. The average molecular weight is 289 g/mol. The lowest BCUT2D eigenvalue weighted by molar-refractivity contribution is -0.146. The van der Waals surface area contributed by atoms with E-state index in [1.165, 1.54) is 0 Å². The molecule has 0 saturated carbocycles. The van der Waals surface area contributed by atoms with Gasteiger partial charge in [-0.2, -0.15) is 4.98 Å². The quantitative estimate of drug-likeness (QED) is 0.760. The molecule has 21 heavy (non-hydrogen) atoms. The maximum atomic E-state index is 12.0. The van der Waals surface area contributed by atoms with Gasteiger partial charge in [0.15, 0.2) is 5.82 Å². The highest BCUT2D eigenvalue weighted by atomic mass is 16.5. The van der Waals surface area contributed by atoms with Crippen LogP contribution < -0.4 is 0 Å². The summed E-state index contributed by atoms with van der Waals surface area (Å²) in [6.07, 6.45) is 3.97. The van der Waals surface area contributed by atoms with Gasteiger partial charge in [0.25, 0.3) is 0 Å². The van der Waals surface area contributed by atoms with E-state index in [1.807, 2.05) is 26.0 Å². The molecule has 0 amide bonds. The van der Waals surface area contributed by atoms with Gasteiger partial charge in [0, 0.05) is 18.8 Å². The molecule has 0 aliphatic heterocycles. The number of pyridine rings is 1. The van der Waals surface area contributed by atoms with Crippen LogP contribution in [-0.4, -0.2) is 27.7 Å². The van der Waals surface area contributed by atoms with E-state index < -0.39 is 5.92 Å². The van der Waals surface area contributed by atoms with E-state index in [0.29, 0.717) is 24.7 Å². The number of nitrogens with zero attached hydrogens (tertiary/aromatic N) is 3. The minimum absolute atomic E-state index is 0.0262. The van der Waals surface area contributed by atoms with Crippen molar-refractivity contribution in [2.45, 2.75) is 33.1 Å². The van der Waals surface area contributed by atoms with Crippen LogP contribution in [0.2, 0.25) is 0 Å². The zero-order chi connectivity index (χ0) is 15.2. The molecule has 0 saturated heterocycles. The van der Waals surface area contributed by atoms with Crippen molar-refractivity contribution in [3.8, 4) is 0 Å². The largest absolute Gasteiger partial charge is 0.465 e. The predicted octanol–water partition coefficient (Wildman–Crippen LogP) is 2.36. The van der Waals surface area contributed by atoms with Crippen LogP contribution in [0.25, 0.3) is 0 Å². The molecule has 0 N–H and O–H groups in total. The van der Waals surface area contributed by atoms with Gasteiger partial charge in [-0.05, 0) is 30.5 Å². The molecule has 2 rings (SSSR count). The molecule has 112 valence electrons. The monoisotopic (exact) mass is 289 g/mol. The molecule has 1 atom stereocenters. The molecule has 0 aliphatic carbocycles. The molecule has 0 spiro atoms. The van der Waals surface area contributed by atoms with Crippen molar-refractivity contribution in [2.24, 2.45) is 5.92 Å². The molecule has 6 nitrogen and oxygen atoms in total. The Morgan fingerprint density at radius 3 is 2.67 bits per heavy atom. The van der Waals surface area contributed by atoms with Crippen molar-refractivity contribution in [1.82, 2.24) is 15.1 Å². The van der Waals surface area contributed by atoms with E-state index in [1.54, 1.807) is 19.3 Å². The first-order valence-corrected chi connectivity index (χ1v) is 6.99. The second-order valence-corrected chi connectivity index (χ2v) is 5.05. The predicted molar refractivity (Wildman–Crippen MR) is 75.6 cm³/mol. The average Bonchev–Trinajstić information content (AvgIpc) is 2.88. The smallest absolute Gasteiger partial charge is 0.318 e. The van der Waals surface area contributed by atoms with E-state index in [2.05, 4.69) is 15.1 Å². The van der Waals surface area contributed by atoms with Gasteiger partial charge in [0.2, 0.25) is 5.89 Å². The lowest BCUT2D eigenvalue weighted by Gasteiger charge is -2.14. The normalized spacial score (nSPS) is 12.4. The Labute approximate surface area is 123 Å². The van der Waals surface area contributed by atoms with Crippen LogP contribution in [0, 0.1) is 5.92 Å². The van der Waals surface area contributed by atoms with Crippen LogP contribution in [0.5, 0.6) is 0 Å². The highest BCUT2D eigenvalue weighted by Gasteiger charge is 2.31. The number of esters is 1. The van der Waals surface area contributed by atoms with Crippen LogP contribution in [0.3, 0.4) is 0 Å². The number of carbonyl (C=O) groups excluding carboxylic acids is 1. The molecule has 0 bridgehead atoms. The van der Waals surface area contributed by atoms with Crippen LogP contribution >= 0.6 is 0 Å². The van der Waals surface area contributed by atoms with Gasteiger partial charge in [-0.3, -0.25) is 9.78 Å². The fourth-order valence-corrected chi connectivity index (χ4v) is 2.04. The first-order chi connectivity index (χ1) is 10.1. The lowest BCUT2D eigenvalue weighted by atomic mass is 9.96. The van der Waals surface area contributed by atoms with E-state index in [4.69, 9.17) is 9.26 Å². The summed E-state index contributed by atoms with van der Waals surface area (Å²) in [5.74, 6) is 0.0344. The molecule has 2 heterocycles. The summed E-state index contributed by atoms with van der Waals surface area (Å²) in [5, 5.41) is 3.94. The summed E-state index contributed by atoms with van der Waals surface area (Å²) in [4.78, 5) is 20.3. The molecule has 2 aromatic heterocycles. The third-order valence-electron chi connectivity index (χ3n) is 3.07. The fraction of sp³-hybridized carbons (Fsp3) is 0.467. The topological polar surface area (TPSA) is 78.1 Å². The molecule has 0 aliphatic rings. The number of rotatable bonds is 6. The Morgan fingerprint density at radius 2 is 2.05 bits per heavy atom. The van der Waals surface area contributed by atoms with E-state index in [-0.39, 0.29) is 11.9 Å². The number of carbonyl (C=O) groups is 1. The first kappa shape index (κ1) is 15.2. The van der Waals surface area contributed by atoms with Gasteiger partial charge in [-0.1, -0.05) is 19.0 Å². The van der Waals surface area contributed by atoms with Crippen LogP contribution in [0.4, 0.5) is 0 Å². The Kier molecular flexibility index (Phi) is 5.03. The van der Waals surface area contributed by atoms with Gasteiger partial charge < -0.3 is 9.26 Å². The Hall–Kier alpha value is -2.24. The van der Waals surface area contributed by atoms with Gasteiger partial charge in [0.05, 0.1) is 6.61 Å². The van der Waals surface area contributed by atoms with Gasteiger partial charge in [-0.25, -0.2) is 0 Å². The van der Waals surface area contributed by atoms with E-state index in [9.17, 15) is 4.79 Å². The van der Waals surface area contributed by atoms with Crippen LogP contribution in [0.1, 0.15) is 44.0 Å². The zero-order valence-electron chi connectivity index (χ0n) is 12.4. The zero-order valence-corrected chi connectivity index (χ0v) is 12.4. The van der Waals surface area contributed by atoms with E-state index >= 15 is 0 Å². The second kappa shape index (κ2) is 6.97. The summed E-state index contributed by atoms with van der Waals surface area (Å²) < 4.78 is 10.3. The Balaban J connectivity index is 2.15. The molecular weight excluding hydrogens is 270 g/mol. The molecular formula is C15H19N3O3. The SMILES string of the molecule is CCOC(=O)C(c1nc(Cc2ccncc2)no1)C(C)C. The molecule has 0 aromatic carbocycles. The van der Waals surface area contributed by atoms with Crippen molar-refractivity contribution >= 4 is 5.97 Å². The highest BCUT2D eigenvalue weighted by Crippen LogP contribution is 2.24. The molecule has 0 radical (unpaired) electrons. The maximum absolute atomic E-state index is 12.0. The highest BCUT2D eigenvalue weighted by molar-refractivity contribution is 5.77. The number of hydrogen-bond acceptors (Lipinski definition) is 6. The summed E-state index contributed by atoms with van der Waals surface area (Å²) in [6.45, 7) is 5.96. The minimum atomic E-state index is -0.524. The van der Waals surface area contributed by atoms with Crippen molar-refractivity contribution in [3.63, 3.8) is 0 Å². The molecule has 0 fully saturated rings. The summed E-state index contributed by atoms with van der Waals surface area (Å²) in [6, 6.07) is 3.78. The van der Waals surface area contributed by atoms with Gasteiger partial charge >= 0.3 is 5.97 Å². The number of aromatic nitrogens is 3. The van der Waals surface area contributed by atoms with Crippen molar-refractivity contribution in [1.29, 1.82) is 0 Å². The summed E-state index contributed by atoms with van der Waals surface area (Å²) in [7, 11) is 0. The lowest BCUT2D eigenvalue weighted by Crippen LogP contribution is -2.21. The summed E-state index contributed by atoms with van der Waals surface area (Å²) >= 11 is 0. The second-order valence-electron chi connectivity index (χ2n) is 5.05. The number of ether oxygens (including phenoxy) is 1. The van der Waals surface area contributed by atoms with E-state index in [0.717, 1.165) is 5.56 Å². The Bertz CT molecular complexity index is 581. The van der Waals surface area contributed by atoms with Crippen LogP contribution in [0.15, 0.2) is 29.0 Å². The maximum Gasteiger partial charge on any atom is 0.318 e. The molecule has 6 heteroatoms. The third-order valence-corrected chi connectivity index (χ3v) is 3.07. The first-order valence-electron chi connectivity index (χ1n) is 6.99. The van der Waals surface area contributed by atoms with Crippen molar-refractivity contribution in [3.05, 3.63) is 41.8 Å². The minimum Gasteiger partial charge on any atom is -0.465 e. The molecule has 2 aromatic rings. The van der Waals surface area contributed by atoms with Crippen molar-refractivity contribution in [2.75, 3.05) is 6.61 Å². The standard InChI is InChI=1S/C15H19N3O3/c1-4-20-15(19)13(10(2)3)14-17-12(18-21-14)9-11-5-7-16-8-6-11/h5-8,10,13H,4,9H2,1-3H3. The van der Waals surface area contributed by atoms with Crippen molar-refractivity contribution < 1.29 is 14.1 Å². The molecule has 1 unspecified atom stereocenters. The van der Waals surface area contributed by atoms with Gasteiger partial charge in [0.1, 0.15) is 5.92 Å².